The summed E-state index contributed by atoms with van der Waals surface area (Å²) in [5, 5.41) is 7.26. The van der Waals surface area contributed by atoms with Crippen LogP contribution in [0.25, 0.3) is 0 Å². The van der Waals surface area contributed by atoms with Crippen molar-refractivity contribution < 1.29 is 14.3 Å². The molecule has 1 spiro atoms. The molecule has 7 heteroatoms. The van der Waals surface area contributed by atoms with Crippen molar-refractivity contribution >= 4 is 17.4 Å². The van der Waals surface area contributed by atoms with E-state index in [1.54, 1.807) is 14.2 Å². The van der Waals surface area contributed by atoms with Gasteiger partial charge in [0.2, 0.25) is 5.91 Å². The lowest BCUT2D eigenvalue weighted by Gasteiger charge is -2.30. The maximum atomic E-state index is 13.1. The summed E-state index contributed by atoms with van der Waals surface area (Å²) in [4.78, 5) is 19.8. The summed E-state index contributed by atoms with van der Waals surface area (Å²) in [5.41, 5.74) is 2.86. The van der Waals surface area contributed by atoms with Gasteiger partial charge in [-0.05, 0) is 35.7 Å². The molecule has 2 aromatic carbocycles. The molecule has 0 aliphatic carbocycles. The summed E-state index contributed by atoms with van der Waals surface area (Å²) in [7, 11) is 3.32. The van der Waals surface area contributed by atoms with Crippen molar-refractivity contribution in [2.75, 3.05) is 45.8 Å². The molecule has 0 saturated carbocycles. The van der Waals surface area contributed by atoms with Crippen LogP contribution in [0.1, 0.15) is 17.5 Å². The highest BCUT2D eigenvalue weighted by atomic mass is 16.5. The molecule has 1 unspecified atom stereocenters. The average Bonchev–Trinajstić information content (AvgIpc) is 3.17. The fourth-order valence-electron chi connectivity index (χ4n) is 4.22. The van der Waals surface area contributed by atoms with Crippen LogP contribution in [0.2, 0.25) is 0 Å². The van der Waals surface area contributed by atoms with Gasteiger partial charge >= 0.3 is 0 Å². The van der Waals surface area contributed by atoms with E-state index in [-0.39, 0.29) is 11.4 Å². The molecule has 164 valence electrons. The summed E-state index contributed by atoms with van der Waals surface area (Å²) in [6.07, 6.45) is 1.19. The van der Waals surface area contributed by atoms with Gasteiger partial charge in [-0.2, -0.15) is 0 Å². The number of carbonyl (C=O) groups is 1. The molecular weight excluding hydrogens is 392 g/mol. The van der Waals surface area contributed by atoms with Crippen molar-refractivity contribution in [3.05, 3.63) is 59.7 Å². The molecule has 2 aliphatic heterocycles. The average molecular weight is 423 g/mol. The van der Waals surface area contributed by atoms with Gasteiger partial charge in [0.05, 0.1) is 32.2 Å². The Morgan fingerprint density at radius 3 is 2.74 bits per heavy atom. The highest BCUT2D eigenvalue weighted by Gasteiger charge is 2.45. The van der Waals surface area contributed by atoms with E-state index in [1.807, 2.05) is 41.3 Å². The van der Waals surface area contributed by atoms with Gasteiger partial charge in [-0.25, -0.2) is 0 Å². The zero-order valence-electron chi connectivity index (χ0n) is 18.2. The predicted molar refractivity (Wildman–Crippen MR) is 122 cm³/mol. The SMILES string of the molecule is COCCN=C1Nc2ccccc2CNC12CCN(C(=O)Cc1ccc(OC)cc1)C2. The number of hydrogen-bond donors (Lipinski definition) is 2. The third kappa shape index (κ3) is 4.73. The number of hydrogen-bond acceptors (Lipinski definition) is 5. The van der Waals surface area contributed by atoms with Gasteiger partial charge in [-0.3, -0.25) is 15.1 Å². The summed E-state index contributed by atoms with van der Waals surface area (Å²) in [5.74, 6) is 1.80. The van der Waals surface area contributed by atoms with Crippen LogP contribution in [0.15, 0.2) is 53.5 Å². The molecule has 7 nitrogen and oxygen atoms in total. The molecule has 1 amide bonds. The van der Waals surface area contributed by atoms with E-state index in [0.717, 1.165) is 35.8 Å². The van der Waals surface area contributed by atoms with Crippen molar-refractivity contribution in [3.8, 4) is 5.75 Å². The Morgan fingerprint density at radius 2 is 1.97 bits per heavy atom. The Balaban J connectivity index is 1.51. The number of ether oxygens (including phenoxy) is 2. The standard InChI is InChI=1S/C24H30N4O3/c1-30-14-12-25-23-24(26-16-19-5-3-4-6-21(19)27-23)11-13-28(17-24)22(29)15-18-7-9-20(31-2)10-8-18/h3-10,26H,11-17H2,1-2H3,(H,25,27). The summed E-state index contributed by atoms with van der Waals surface area (Å²) in [6.45, 7) is 3.15. The second-order valence-electron chi connectivity index (χ2n) is 8.03. The van der Waals surface area contributed by atoms with Crippen LogP contribution in [0.3, 0.4) is 0 Å². The first-order chi connectivity index (χ1) is 15.1. The summed E-state index contributed by atoms with van der Waals surface area (Å²) in [6, 6.07) is 15.9. The normalized spacial score (nSPS) is 21.6. The Morgan fingerprint density at radius 1 is 1.16 bits per heavy atom. The number of para-hydroxylation sites is 1. The van der Waals surface area contributed by atoms with Crippen molar-refractivity contribution in [2.24, 2.45) is 4.99 Å². The number of aliphatic imine (C=N–C) groups is 1. The van der Waals surface area contributed by atoms with Crippen LogP contribution in [-0.2, 0) is 22.5 Å². The Labute approximate surface area is 183 Å². The first kappa shape index (κ1) is 21.3. The molecule has 2 heterocycles. The van der Waals surface area contributed by atoms with E-state index in [4.69, 9.17) is 14.5 Å². The van der Waals surface area contributed by atoms with E-state index >= 15 is 0 Å². The number of methoxy groups -OCH3 is 2. The molecular formula is C24H30N4O3. The quantitative estimate of drug-likeness (QED) is 0.700. The van der Waals surface area contributed by atoms with Gasteiger partial charge in [0, 0.05) is 32.4 Å². The summed E-state index contributed by atoms with van der Waals surface area (Å²) >= 11 is 0. The number of benzene rings is 2. The highest BCUT2D eigenvalue weighted by Crippen LogP contribution is 2.30. The Kier molecular flexibility index (Phi) is 6.53. The summed E-state index contributed by atoms with van der Waals surface area (Å²) < 4.78 is 10.4. The van der Waals surface area contributed by atoms with E-state index in [9.17, 15) is 4.79 Å². The van der Waals surface area contributed by atoms with Crippen LogP contribution in [0.4, 0.5) is 5.69 Å². The molecule has 2 aromatic rings. The van der Waals surface area contributed by atoms with E-state index in [2.05, 4.69) is 22.8 Å². The molecule has 31 heavy (non-hydrogen) atoms. The topological polar surface area (TPSA) is 75.2 Å². The van der Waals surface area contributed by atoms with Gasteiger partial charge in [-0.1, -0.05) is 30.3 Å². The Hall–Kier alpha value is -2.90. The first-order valence-electron chi connectivity index (χ1n) is 10.7. The number of anilines is 1. The third-order valence-corrected chi connectivity index (χ3v) is 6.04. The first-order valence-corrected chi connectivity index (χ1v) is 10.7. The minimum absolute atomic E-state index is 0.127. The van der Waals surface area contributed by atoms with Crippen LogP contribution in [-0.4, -0.2) is 62.6 Å². The number of fused-ring (bicyclic) bond motifs is 1. The number of likely N-dealkylation sites (tertiary alicyclic amines) is 1. The zero-order chi connectivity index (χ0) is 21.7. The number of amides is 1. The maximum Gasteiger partial charge on any atom is 0.227 e. The molecule has 1 saturated heterocycles. The second kappa shape index (κ2) is 9.49. The van der Waals surface area contributed by atoms with E-state index in [1.165, 1.54) is 5.56 Å². The number of rotatable bonds is 6. The molecule has 4 rings (SSSR count). The van der Waals surface area contributed by atoms with Gasteiger partial charge in [0.1, 0.15) is 11.6 Å². The monoisotopic (exact) mass is 422 g/mol. The van der Waals surface area contributed by atoms with Gasteiger partial charge in [-0.15, -0.1) is 0 Å². The lowest BCUT2D eigenvalue weighted by molar-refractivity contribution is -0.129. The van der Waals surface area contributed by atoms with Crippen molar-refractivity contribution in [1.29, 1.82) is 0 Å². The molecule has 2 N–H and O–H groups in total. The van der Waals surface area contributed by atoms with Gasteiger partial charge < -0.3 is 19.7 Å². The lowest BCUT2D eigenvalue weighted by Crippen LogP contribution is -2.55. The zero-order valence-corrected chi connectivity index (χ0v) is 18.2. The number of amidine groups is 1. The Bertz CT molecular complexity index is 944. The van der Waals surface area contributed by atoms with Crippen molar-refractivity contribution in [3.63, 3.8) is 0 Å². The molecule has 0 aromatic heterocycles. The van der Waals surface area contributed by atoms with Crippen LogP contribution >= 0.6 is 0 Å². The third-order valence-electron chi connectivity index (χ3n) is 6.04. The smallest absolute Gasteiger partial charge is 0.227 e. The van der Waals surface area contributed by atoms with E-state index in [0.29, 0.717) is 32.7 Å². The molecule has 1 atom stereocenters. The lowest BCUT2D eigenvalue weighted by atomic mass is 9.96. The fourth-order valence-corrected chi connectivity index (χ4v) is 4.22. The van der Waals surface area contributed by atoms with Crippen molar-refractivity contribution in [1.82, 2.24) is 10.2 Å². The molecule has 1 fully saturated rings. The largest absolute Gasteiger partial charge is 0.497 e. The minimum Gasteiger partial charge on any atom is -0.497 e. The van der Waals surface area contributed by atoms with E-state index < -0.39 is 0 Å². The fraction of sp³-hybridized carbons (Fsp3) is 0.417. The van der Waals surface area contributed by atoms with Gasteiger partial charge in [0.25, 0.3) is 0 Å². The number of nitrogens with zero attached hydrogens (tertiary/aromatic N) is 2. The minimum atomic E-state index is -0.387. The predicted octanol–water partition coefficient (Wildman–Crippen LogP) is 2.47. The second-order valence-corrected chi connectivity index (χ2v) is 8.03. The van der Waals surface area contributed by atoms with Crippen LogP contribution in [0, 0.1) is 0 Å². The number of nitrogens with one attached hydrogen (secondary N) is 2. The highest BCUT2D eigenvalue weighted by molar-refractivity contribution is 6.04. The van der Waals surface area contributed by atoms with Gasteiger partial charge in [0.15, 0.2) is 0 Å². The maximum absolute atomic E-state index is 13.1. The molecule has 2 aliphatic rings. The van der Waals surface area contributed by atoms with Crippen molar-refractivity contribution in [2.45, 2.75) is 24.9 Å². The molecule has 0 radical (unpaired) electrons. The molecule has 0 bridgehead atoms. The van der Waals surface area contributed by atoms with Crippen LogP contribution < -0.4 is 15.4 Å². The number of carbonyl (C=O) groups excluding carboxylic acids is 1. The van der Waals surface area contributed by atoms with Crippen LogP contribution in [0.5, 0.6) is 5.75 Å².